The molecule has 0 saturated heterocycles. The van der Waals surface area contributed by atoms with Gasteiger partial charge in [0.1, 0.15) is 17.3 Å². The van der Waals surface area contributed by atoms with Crippen LogP contribution in [-0.4, -0.2) is 16.7 Å². The number of rotatable bonds is 5. The summed E-state index contributed by atoms with van der Waals surface area (Å²) in [5.41, 5.74) is 0.261. The number of hydrogen-bond acceptors (Lipinski definition) is 5. The highest BCUT2D eigenvalue weighted by Gasteiger charge is 2.30. The number of hydrogen-bond donors (Lipinski definition) is 1. The molecule has 0 fully saturated rings. The van der Waals surface area contributed by atoms with Gasteiger partial charge in [0, 0.05) is 12.1 Å². The molecule has 6 heteroatoms. The number of aromatic nitrogens is 1. The van der Waals surface area contributed by atoms with E-state index in [1.807, 2.05) is 13.8 Å². The van der Waals surface area contributed by atoms with E-state index >= 15 is 0 Å². The Morgan fingerprint density at radius 2 is 2.09 bits per heavy atom. The van der Waals surface area contributed by atoms with Crippen LogP contribution in [0.4, 0.5) is 5.82 Å². The molecule has 0 aliphatic carbocycles. The summed E-state index contributed by atoms with van der Waals surface area (Å²) in [6.07, 6.45) is 1.51. The lowest BCUT2D eigenvalue weighted by molar-refractivity contribution is -0.117. The lowest BCUT2D eigenvalue weighted by Gasteiger charge is -2.08. The summed E-state index contributed by atoms with van der Waals surface area (Å²) in [6.45, 7) is 5.51. The van der Waals surface area contributed by atoms with Crippen LogP contribution in [0.5, 0.6) is 0 Å². The molecule has 0 spiro atoms. The van der Waals surface area contributed by atoms with E-state index in [9.17, 15) is 14.9 Å². The number of carbonyl (C=O) groups excluding carboxylic acids is 2. The summed E-state index contributed by atoms with van der Waals surface area (Å²) < 4.78 is 5.52. The molecule has 6 nitrogen and oxygen atoms in total. The first-order chi connectivity index (χ1) is 10.9. The maximum absolute atomic E-state index is 12.5. The number of pyridine rings is 1. The molecular formula is C17H17N3O3. The number of ketones is 1. The number of nitriles is 1. The van der Waals surface area contributed by atoms with Crippen molar-refractivity contribution < 1.29 is 14.0 Å². The molecule has 1 amide bonds. The van der Waals surface area contributed by atoms with Gasteiger partial charge < -0.3 is 9.73 Å². The van der Waals surface area contributed by atoms with Gasteiger partial charge >= 0.3 is 0 Å². The minimum Gasteiger partial charge on any atom is -0.465 e. The maximum atomic E-state index is 12.5. The fourth-order valence-electron chi connectivity index (χ4n) is 2.06. The molecule has 0 saturated carbocycles. The third-order valence-electron chi connectivity index (χ3n) is 3.34. The molecular weight excluding hydrogens is 294 g/mol. The number of furan rings is 1. The topological polar surface area (TPSA) is 96.0 Å². The Morgan fingerprint density at radius 1 is 1.35 bits per heavy atom. The third kappa shape index (κ3) is 3.64. The first kappa shape index (κ1) is 16.4. The first-order valence-electron chi connectivity index (χ1n) is 7.20. The van der Waals surface area contributed by atoms with Crippen LogP contribution in [0.3, 0.4) is 0 Å². The number of nitrogens with zero attached hydrogens (tertiary/aromatic N) is 2. The van der Waals surface area contributed by atoms with E-state index in [-0.39, 0.29) is 17.3 Å². The summed E-state index contributed by atoms with van der Waals surface area (Å²) in [7, 11) is 0. The zero-order chi connectivity index (χ0) is 17.0. The molecule has 23 heavy (non-hydrogen) atoms. The maximum Gasteiger partial charge on any atom is 0.250 e. The Bertz CT molecular complexity index is 757. The van der Waals surface area contributed by atoms with Gasteiger partial charge in [0.2, 0.25) is 0 Å². The highest BCUT2D eigenvalue weighted by molar-refractivity contribution is 6.15. The van der Waals surface area contributed by atoms with E-state index in [1.54, 1.807) is 37.3 Å². The van der Waals surface area contributed by atoms with E-state index in [2.05, 4.69) is 10.3 Å². The molecule has 2 heterocycles. The van der Waals surface area contributed by atoms with Gasteiger partial charge in [0.15, 0.2) is 11.7 Å². The minimum atomic E-state index is -1.45. The van der Waals surface area contributed by atoms with Crippen LogP contribution in [0.1, 0.15) is 41.6 Å². The molecule has 0 aliphatic rings. The fraction of sp³-hybridized carbons (Fsp3) is 0.294. The number of anilines is 1. The molecule has 0 radical (unpaired) electrons. The van der Waals surface area contributed by atoms with Crippen molar-refractivity contribution in [2.24, 2.45) is 5.92 Å². The van der Waals surface area contributed by atoms with Gasteiger partial charge in [-0.1, -0.05) is 19.9 Å². The zero-order valence-corrected chi connectivity index (χ0v) is 13.2. The highest BCUT2D eigenvalue weighted by atomic mass is 16.3. The molecule has 0 bridgehead atoms. The predicted molar refractivity (Wildman–Crippen MR) is 83.8 cm³/mol. The van der Waals surface area contributed by atoms with Crippen molar-refractivity contribution in [1.29, 1.82) is 5.26 Å². The van der Waals surface area contributed by atoms with Gasteiger partial charge in [-0.05, 0) is 25.1 Å². The average Bonchev–Trinajstić information content (AvgIpc) is 2.91. The summed E-state index contributed by atoms with van der Waals surface area (Å²) in [4.78, 5) is 28.6. The molecule has 2 rings (SSSR count). The standard InChI is InChI=1S/C17H17N3O3/c1-10(2)14-8-12(11(3)23-14)16(21)13(9-18)17(22)20-15-6-4-5-7-19-15/h4-8,10,13H,1-3H3,(H,19,20,22)/t13-/m0/s1. The summed E-state index contributed by atoms with van der Waals surface area (Å²) in [5.74, 6) is -1.28. The molecule has 2 aromatic heterocycles. The SMILES string of the molecule is Cc1oc(C(C)C)cc1C(=O)[C@H](C#N)C(=O)Nc1ccccn1. The van der Waals surface area contributed by atoms with Crippen molar-refractivity contribution in [2.45, 2.75) is 26.7 Å². The summed E-state index contributed by atoms with van der Waals surface area (Å²) >= 11 is 0. The second-order valence-electron chi connectivity index (χ2n) is 5.40. The van der Waals surface area contributed by atoms with Crippen molar-refractivity contribution in [1.82, 2.24) is 4.98 Å². The zero-order valence-electron chi connectivity index (χ0n) is 13.2. The summed E-state index contributed by atoms with van der Waals surface area (Å²) in [5, 5.41) is 11.7. The number of carbonyl (C=O) groups is 2. The summed E-state index contributed by atoms with van der Waals surface area (Å²) in [6, 6.07) is 8.33. The van der Waals surface area contributed by atoms with Crippen LogP contribution >= 0.6 is 0 Å². The normalized spacial score (nSPS) is 11.8. The van der Waals surface area contributed by atoms with E-state index in [1.165, 1.54) is 6.20 Å². The number of nitrogens with one attached hydrogen (secondary N) is 1. The van der Waals surface area contributed by atoms with Crippen molar-refractivity contribution in [3.8, 4) is 6.07 Å². The Kier molecular flexibility index (Phi) is 4.91. The Balaban J connectivity index is 2.22. The minimum absolute atomic E-state index is 0.109. The van der Waals surface area contributed by atoms with Gasteiger partial charge in [-0.2, -0.15) is 5.26 Å². The monoisotopic (exact) mass is 311 g/mol. The lowest BCUT2D eigenvalue weighted by atomic mass is 9.97. The highest BCUT2D eigenvalue weighted by Crippen LogP contribution is 2.24. The van der Waals surface area contributed by atoms with Crippen molar-refractivity contribution in [3.63, 3.8) is 0 Å². The van der Waals surface area contributed by atoms with Crippen LogP contribution in [0.2, 0.25) is 0 Å². The van der Waals surface area contributed by atoms with E-state index in [0.29, 0.717) is 11.5 Å². The Hall–Kier alpha value is -2.94. The lowest BCUT2D eigenvalue weighted by Crippen LogP contribution is -2.29. The first-order valence-corrected chi connectivity index (χ1v) is 7.20. The van der Waals surface area contributed by atoms with Crippen LogP contribution in [-0.2, 0) is 4.79 Å². The molecule has 0 unspecified atom stereocenters. The van der Waals surface area contributed by atoms with Crippen LogP contribution in [0.15, 0.2) is 34.9 Å². The van der Waals surface area contributed by atoms with Gasteiger partial charge in [0.25, 0.3) is 5.91 Å². The average molecular weight is 311 g/mol. The quantitative estimate of drug-likeness (QED) is 0.676. The van der Waals surface area contributed by atoms with Crippen molar-refractivity contribution >= 4 is 17.5 Å². The molecule has 0 aromatic carbocycles. The second kappa shape index (κ2) is 6.88. The number of Topliss-reactive ketones (excluding diaryl/α,β-unsaturated/α-hetero) is 1. The third-order valence-corrected chi connectivity index (χ3v) is 3.34. The van der Waals surface area contributed by atoms with Crippen molar-refractivity contribution in [3.05, 3.63) is 47.5 Å². The van der Waals surface area contributed by atoms with Gasteiger partial charge in [-0.25, -0.2) is 4.98 Å². The molecule has 0 aliphatic heterocycles. The van der Waals surface area contributed by atoms with Gasteiger partial charge in [-0.15, -0.1) is 0 Å². The Morgan fingerprint density at radius 3 is 2.61 bits per heavy atom. The van der Waals surface area contributed by atoms with Crippen LogP contribution < -0.4 is 5.32 Å². The second-order valence-corrected chi connectivity index (χ2v) is 5.40. The van der Waals surface area contributed by atoms with Gasteiger partial charge in [0.05, 0.1) is 11.6 Å². The van der Waals surface area contributed by atoms with Gasteiger partial charge in [-0.3, -0.25) is 9.59 Å². The molecule has 2 aromatic rings. The van der Waals surface area contributed by atoms with E-state index in [0.717, 1.165) is 0 Å². The predicted octanol–water partition coefficient (Wildman–Crippen LogP) is 3.07. The van der Waals surface area contributed by atoms with Crippen LogP contribution in [0, 0.1) is 24.2 Å². The smallest absolute Gasteiger partial charge is 0.250 e. The Labute approximate surface area is 134 Å². The molecule has 1 N–H and O–H groups in total. The van der Waals surface area contributed by atoms with E-state index < -0.39 is 17.6 Å². The largest absolute Gasteiger partial charge is 0.465 e. The van der Waals surface area contributed by atoms with E-state index in [4.69, 9.17) is 4.42 Å². The molecule has 1 atom stereocenters. The van der Waals surface area contributed by atoms with Crippen molar-refractivity contribution in [2.75, 3.05) is 5.32 Å². The van der Waals surface area contributed by atoms with Crippen LogP contribution in [0.25, 0.3) is 0 Å². The number of amides is 1. The fourth-order valence-corrected chi connectivity index (χ4v) is 2.06. The number of aryl methyl sites for hydroxylation is 1. The molecule has 118 valence electrons.